The Hall–Kier alpha value is -0.900. The normalized spacial score (nSPS) is 28.6. The molecular formula is C17H29N3O. The SMILES string of the molecule is CC(NC1CCCC(C2CC2)C1)c1nc(C(C)(C)C)no1. The Labute approximate surface area is 128 Å². The van der Waals surface area contributed by atoms with Crippen LogP contribution in [0.2, 0.25) is 0 Å². The zero-order valence-corrected chi connectivity index (χ0v) is 13.9. The summed E-state index contributed by atoms with van der Waals surface area (Å²) >= 11 is 0. The summed E-state index contributed by atoms with van der Waals surface area (Å²) in [5.41, 5.74) is -0.0522. The molecule has 1 N–H and O–H groups in total. The molecule has 2 aliphatic carbocycles. The Morgan fingerprint density at radius 2 is 1.90 bits per heavy atom. The minimum atomic E-state index is -0.0522. The Bertz CT molecular complexity index is 473. The second-order valence-corrected chi connectivity index (χ2v) is 8.06. The van der Waals surface area contributed by atoms with Crippen molar-refractivity contribution in [1.29, 1.82) is 0 Å². The van der Waals surface area contributed by atoms with Gasteiger partial charge in [0.05, 0.1) is 6.04 Å². The van der Waals surface area contributed by atoms with E-state index in [2.05, 4.69) is 43.2 Å². The topological polar surface area (TPSA) is 51.0 Å². The molecule has 3 atom stereocenters. The Morgan fingerprint density at radius 3 is 2.52 bits per heavy atom. The first kappa shape index (κ1) is 15.0. The molecule has 21 heavy (non-hydrogen) atoms. The highest BCUT2D eigenvalue weighted by atomic mass is 16.5. The minimum absolute atomic E-state index is 0.0522. The zero-order valence-electron chi connectivity index (χ0n) is 13.9. The summed E-state index contributed by atoms with van der Waals surface area (Å²) < 4.78 is 5.46. The van der Waals surface area contributed by atoms with Crippen LogP contribution in [-0.4, -0.2) is 16.2 Å². The van der Waals surface area contributed by atoms with Gasteiger partial charge in [-0.1, -0.05) is 38.8 Å². The van der Waals surface area contributed by atoms with Crippen molar-refractivity contribution in [3.05, 3.63) is 11.7 Å². The number of nitrogens with zero attached hydrogens (tertiary/aromatic N) is 2. The van der Waals surface area contributed by atoms with Crippen LogP contribution in [0, 0.1) is 11.8 Å². The molecule has 1 heterocycles. The van der Waals surface area contributed by atoms with E-state index in [1.54, 1.807) is 0 Å². The van der Waals surface area contributed by atoms with Gasteiger partial charge in [0.15, 0.2) is 5.82 Å². The average Bonchev–Trinajstić information content (AvgIpc) is 3.14. The standard InChI is InChI=1S/C17H29N3O/c1-11(15-19-16(20-21-15)17(2,3)4)18-14-7-5-6-13(10-14)12-8-9-12/h11-14,18H,5-10H2,1-4H3. The van der Waals surface area contributed by atoms with Gasteiger partial charge in [0.1, 0.15) is 0 Å². The smallest absolute Gasteiger partial charge is 0.243 e. The predicted molar refractivity (Wildman–Crippen MR) is 83.0 cm³/mol. The number of hydrogen-bond donors (Lipinski definition) is 1. The molecule has 2 saturated carbocycles. The molecule has 0 amide bonds. The van der Waals surface area contributed by atoms with Gasteiger partial charge in [0, 0.05) is 11.5 Å². The van der Waals surface area contributed by atoms with E-state index in [4.69, 9.17) is 4.52 Å². The molecule has 0 aromatic carbocycles. The minimum Gasteiger partial charge on any atom is -0.338 e. The first-order chi connectivity index (χ1) is 9.93. The highest BCUT2D eigenvalue weighted by molar-refractivity contribution is 5.02. The summed E-state index contributed by atoms with van der Waals surface area (Å²) in [5.74, 6) is 3.51. The van der Waals surface area contributed by atoms with Crippen molar-refractivity contribution in [3.8, 4) is 0 Å². The fraction of sp³-hybridized carbons (Fsp3) is 0.882. The fourth-order valence-electron chi connectivity index (χ4n) is 3.52. The maximum Gasteiger partial charge on any atom is 0.243 e. The molecule has 1 aromatic heterocycles. The Kier molecular flexibility index (Phi) is 4.08. The van der Waals surface area contributed by atoms with E-state index in [0.717, 1.165) is 23.6 Å². The number of nitrogens with one attached hydrogen (secondary N) is 1. The lowest BCUT2D eigenvalue weighted by molar-refractivity contribution is 0.235. The summed E-state index contributed by atoms with van der Waals surface area (Å²) in [6.07, 6.45) is 8.34. The maximum atomic E-state index is 5.46. The van der Waals surface area contributed by atoms with Crippen molar-refractivity contribution in [3.63, 3.8) is 0 Å². The van der Waals surface area contributed by atoms with E-state index in [0.29, 0.717) is 6.04 Å². The summed E-state index contributed by atoms with van der Waals surface area (Å²) in [7, 11) is 0. The summed E-state index contributed by atoms with van der Waals surface area (Å²) in [4.78, 5) is 4.57. The molecule has 4 nitrogen and oxygen atoms in total. The second-order valence-electron chi connectivity index (χ2n) is 8.06. The molecular weight excluding hydrogens is 262 g/mol. The molecule has 0 saturated heterocycles. The number of aromatic nitrogens is 2. The van der Waals surface area contributed by atoms with E-state index >= 15 is 0 Å². The van der Waals surface area contributed by atoms with E-state index in [1.807, 2.05) is 0 Å². The molecule has 118 valence electrons. The molecule has 0 bridgehead atoms. The number of rotatable bonds is 4. The van der Waals surface area contributed by atoms with Gasteiger partial charge in [-0.25, -0.2) is 0 Å². The van der Waals surface area contributed by atoms with Crippen LogP contribution in [0.5, 0.6) is 0 Å². The third-order valence-corrected chi connectivity index (χ3v) is 4.97. The van der Waals surface area contributed by atoms with Crippen LogP contribution < -0.4 is 5.32 Å². The second kappa shape index (κ2) is 5.71. The number of hydrogen-bond acceptors (Lipinski definition) is 4. The van der Waals surface area contributed by atoms with E-state index in [-0.39, 0.29) is 11.5 Å². The molecule has 3 rings (SSSR count). The Balaban J connectivity index is 1.57. The lowest BCUT2D eigenvalue weighted by Gasteiger charge is -2.31. The van der Waals surface area contributed by atoms with Crippen LogP contribution in [0.1, 0.15) is 84.0 Å². The molecule has 1 aromatic rings. The van der Waals surface area contributed by atoms with Crippen LogP contribution >= 0.6 is 0 Å². The van der Waals surface area contributed by atoms with E-state index in [1.165, 1.54) is 38.5 Å². The Morgan fingerprint density at radius 1 is 1.14 bits per heavy atom. The predicted octanol–water partition coefficient (Wildman–Crippen LogP) is 3.99. The van der Waals surface area contributed by atoms with Crippen LogP contribution in [0.25, 0.3) is 0 Å². The van der Waals surface area contributed by atoms with Crippen molar-refractivity contribution < 1.29 is 4.52 Å². The largest absolute Gasteiger partial charge is 0.338 e. The lowest BCUT2D eigenvalue weighted by Crippen LogP contribution is -2.36. The van der Waals surface area contributed by atoms with Gasteiger partial charge in [-0.05, 0) is 44.4 Å². The van der Waals surface area contributed by atoms with Crippen molar-refractivity contribution in [2.45, 2.75) is 83.7 Å². The van der Waals surface area contributed by atoms with Gasteiger partial charge in [0.25, 0.3) is 0 Å². The molecule has 0 radical (unpaired) electrons. The first-order valence-corrected chi connectivity index (χ1v) is 8.53. The summed E-state index contributed by atoms with van der Waals surface area (Å²) in [6, 6.07) is 0.765. The van der Waals surface area contributed by atoms with Crippen LogP contribution in [0.15, 0.2) is 4.52 Å². The summed E-state index contributed by atoms with van der Waals surface area (Å²) in [6.45, 7) is 8.48. The zero-order chi connectivity index (χ0) is 15.0. The maximum absolute atomic E-state index is 5.46. The molecule has 2 aliphatic rings. The fourth-order valence-corrected chi connectivity index (χ4v) is 3.52. The van der Waals surface area contributed by atoms with Gasteiger partial charge < -0.3 is 9.84 Å². The van der Waals surface area contributed by atoms with Crippen LogP contribution in [0.3, 0.4) is 0 Å². The van der Waals surface area contributed by atoms with E-state index in [9.17, 15) is 0 Å². The molecule has 0 aliphatic heterocycles. The van der Waals surface area contributed by atoms with Crippen LogP contribution in [-0.2, 0) is 5.41 Å². The van der Waals surface area contributed by atoms with Gasteiger partial charge in [-0.15, -0.1) is 0 Å². The third-order valence-electron chi connectivity index (χ3n) is 4.97. The highest BCUT2D eigenvalue weighted by Gasteiger charge is 2.35. The summed E-state index contributed by atoms with van der Waals surface area (Å²) in [5, 5.41) is 7.84. The lowest BCUT2D eigenvalue weighted by atomic mass is 9.82. The highest BCUT2D eigenvalue weighted by Crippen LogP contribution is 2.44. The third kappa shape index (κ3) is 3.65. The molecule has 3 unspecified atom stereocenters. The van der Waals surface area contributed by atoms with Crippen molar-refractivity contribution in [2.75, 3.05) is 0 Å². The van der Waals surface area contributed by atoms with Gasteiger partial charge >= 0.3 is 0 Å². The van der Waals surface area contributed by atoms with Gasteiger partial charge in [-0.2, -0.15) is 4.98 Å². The monoisotopic (exact) mass is 291 g/mol. The molecule has 0 spiro atoms. The van der Waals surface area contributed by atoms with Crippen molar-refractivity contribution >= 4 is 0 Å². The van der Waals surface area contributed by atoms with Gasteiger partial charge in [0.2, 0.25) is 5.89 Å². The van der Waals surface area contributed by atoms with Crippen molar-refractivity contribution in [1.82, 2.24) is 15.5 Å². The first-order valence-electron chi connectivity index (χ1n) is 8.53. The van der Waals surface area contributed by atoms with Crippen LogP contribution in [0.4, 0.5) is 0 Å². The average molecular weight is 291 g/mol. The molecule has 2 fully saturated rings. The van der Waals surface area contributed by atoms with E-state index < -0.39 is 0 Å². The van der Waals surface area contributed by atoms with Crippen molar-refractivity contribution in [2.24, 2.45) is 11.8 Å². The quantitative estimate of drug-likeness (QED) is 0.911. The molecule has 4 heteroatoms. The van der Waals surface area contributed by atoms with Gasteiger partial charge in [-0.3, -0.25) is 0 Å².